The Bertz CT molecular complexity index is 44.7. The molecule has 0 amide bonds. The van der Waals surface area contributed by atoms with Crippen molar-refractivity contribution in [2.75, 3.05) is 0 Å². The van der Waals surface area contributed by atoms with Crippen LogP contribution in [-0.4, -0.2) is 5.25 Å². The topological polar surface area (TPSA) is 0 Å². The summed E-state index contributed by atoms with van der Waals surface area (Å²) in [7, 11) is 0. The monoisotopic (exact) mass is 162 g/mol. The molecule has 0 radical (unpaired) electrons. The minimum Gasteiger partial charge on any atom is -0.176 e. The summed E-state index contributed by atoms with van der Waals surface area (Å²) in [5, 5.41) is 0.727. The molecule has 0 nitrogen and oxygen atoms in total. The lowest BCUT2D eigenvalue weighted by molar-refractivity contribution is 0.365. The van der Waals surface area contributed by atoms with Gasteiger partial charge in [-0.15, -0.1) is 0 Å². The van der Waals surface area contributed by atoms with Crippen LogP contribution in [0.4, 0.5) is 0 Å². The van der Waals surface area contributed by atoms with Gasteiger partial charge >= 0.3 is 0 Å². The third kappa shape index (κ3) is 5.16. The van der Waals surface area contributed by atoms with E-state index in [4.69, 9.17) is 0 Å². The Hall–Kier alpha value is 0.350. The Balaban J connectivity index is 0. The minimum atomic E-state index is 0.727. The number of hydrogen-bond acceptors (Lipinski definition) is 1. The Labute approximate surface area is 71.8 Å². The first-order chi connectivity index (χ1) is 4.80. The van der Waals surface area contributed by atoms with E-state index in [9.17, 15) is 0 Å². The summed E-state index contributed by atoms with van der Waals surface area (Å²) >= 11 is 4.28. The second kappa shape index (κ2) is 9.35. The summed E-state index contributed by atoms with van der Waals surface area (Å²) in [6.45, 7) is 10.3. The van der Waals surface area contributed by atoms with E-state index in [0.717, 1.165) is 11.2 Å². The van der Waals surface area contributed by atoms with Gasteiger partial charge in [0.15, 0.2) is 0 Å². The molecule has 0 aliphatic heterocycles. The third-order valence-electron chi connectivity index (χ3n) is 1.57. The van der Waals surface area contributed by atoms with Crippen LogP contribution in [0.5, 0.6) is 0 Å². The molecular weight excluding hydrogens is 140 g/mol. The summed E-state index contributed by atoms with van der Waals surface area (Å²) in [5.74, 6) is 0.897. The first-order valence-electron chi connectivity index (χ1n) is 4.49. The summed E-state index contributed by atoms with van der Waals surface area (Å²) in [6.07, 6.45) is 2.73. The van der Waals surface area contributed by atoms with Crippen molar-refractivity contribution in [3.63, 3.8) is 0 Å². The molecule has 2 atom stereocenters. The molecule has 1 rings (SSSR count). The average molecular weight is 162 g/mol. The van der Waals surface area contributed by atoms with Gasteiger partial charge in [0.05, 0.1) is 0 Å². The molecule has 0 aromatic heterocycles. The number of thiol groups is 1. The van der Waals surface area contributed by atoms with Gasteiger partial charge in [-0.3, -0.25) is 0 Å². The largest absolute Gasteiger partial charge is 0.176 e. The minimum absolute atomic E-state index is 0.727. The average Bonchev–Trinajstić information content (AvgIpc) is 2.08. The molecule has 10 heavy (non-hydrogen) atoms. The second-order valence-corrected chi connectivity index (χ2v) is 2.79. The van der Waals surface area contributed by atoms with E-state index in [-0.39, 0.29) is 0 Å². The van der Waals surface area contributed by atoms with E-state index in [1.165, 1.54) is 12.8 Å². The van der Waals surface area contributed by atoms with Crippen LogP contribution in [0, 0.1) is 5.92 Å². The molecule has 0 heterocycles. The normalized spacial score (nSPS) is 28.2. The van der Waals surface area contributed by atoms with Crippen LogP contribution in [0.15, 0.2) is 0 Å². The van der Waals surface area contributed by atoms with Crippen molar-refractivity contribution in [2.24, 2.45) is 5.92 Å². The molecule has 0 aromatic rings. The SMILES string of the molecule is CC.CC.CC1CCC1S. The highest BCUT2D eigenvalue weighted by Crippen LogP contribution is 2.30. The lowest BCUT2D eigenvalue weighted by Gasteiger charge is -2.28. The standard InChI is InChI=1S/C5H10S.2C2H6/c1-4-2-3-5(4)6;2*1-2/h4-6H,2-3H2,1H3;2*1-2H3. The lowest BCUT2D eigenvalue weighted by Crippen LogP contribution is -2.22. The van der Waals surface area contributed by atoms with Crippen molar-refractivity contribution in [1.82, 2.24) is 0 Å². The molecular formula is C9H22S. The Morgan fingerprint density at radius 2 is 1.30 bits per heavy atom. The van der Waals surface area contributed by atoms with E-state index in [1.54, 1.807) is 0 Å². The van der Waals surface area contributed by atoms with Gasteiger partial charge in [-0.2, -0.15) is 12.6 Å². The summed E-state index contributed by atoms with van der Waals surface area (Å²) in [5.41, 5.74) is 0. The Morgan fingerprint density at radius 1 is 1.00 bits per heavy atom. The molecule has 0 aromatic carbocycles. The highest BCUT2D eigenvalue weighted by Gasteiger charge is 2.21. The Kier molecular flexibility index (Phi) is 12.1. The molecule has 0 saturated heterocycles. The maximum atomic E-state index is 4.28. The number of rotatable bonds is 0. The van der Waals surface area contributed by atoms with Crippen LogP contribution in [0.1, 0.15) is 47.5 Å². The van der Waals surface area contributed by atoms with Crippen molar-refractivity contribution < 1.29 is 0 Å². The van der Waals surface area contributed by atoms with Crippen LogP contribution in [0.25, 0.3) is 0 Å². The van der Waals surface area contributed by atoms with Crippen LogP contribution >= 0.6 is 12.6 Å². The highest BCUT2D eigenvalue weighted by atomic mass is 32.1. The maximum Gasteiger partial charge on any atom is 0.00425 e. The number of hydrogen-bond donors (Lipinski definition) is 1. The third-order valence-corrected chi connectivity index (χ3v) is 2.34. The van der Waals surface area contributed by atoms with Gasteiger partial charge in [-0.05, 0) is 18.8 Å². The smallest absolute Gasteiger partial charge is 0.00425 e. The molecule has 0 N–H and O–H groups in total. The second-order valence-electron chi connectivity index (χ2n) is 2.12. The molecule has 1 heteroatoms. The van der Waals surface area contributed by atoms with Crippen molar-refractivity contribution in [1.29, 1.82) is 0 Å². The molecule has 1 fully saturated rings. The maximum absolute atomic E-state index is 4.28. The van der Waals surface area contributed by atoms with Gasteiger partial charge in [0, 0.05) is 5.25 Å². The molecule has 2 unspecified atom stereocenters. The van der Waals surface area contributed by atoms with Crippen LogP contribution in [0.2, 0.25) is 0 Å². The van der Waals surface area contributed by atoms with E-state index in [0.29, 0.717) is 0 Å². The van der Waals surface area contributed by atoms with E-state index >= 15 is 0 Å². The zero-order valence-electron chi connectivity index (χ0n) is 8.02. The zero-order chi connectivity index (χ0) is 8.57. The molecule has 64 valence electrons. The van der Waals surface area contributed by atoms with Gasteiger partial charge < -0.3 is 0 Å². The van der Waals surface area contributed by atoms with E-state index in [2.05, 4.69) is 19.6 Å². The fourth-order valence-corrected chi connectivity index (χ4v) is 0.947. The van der Waals surface area contributed by atoms with Gasteiger partial charge in [0.1, 0.15) is 0 Å². The fraction of sp³-hybridized carbons (Fsp3) is 1.00. The lowest BCUT2D eigenvalue weighted by atomic mass is 9.87. The molecule has 0 spiro atoms. The van der Waals surface area contributed by atoms with Crippen molar-refractivity contribution in [3.05, 3.63) is 0 Å². The van der Waals surface area contributed by atoms with Crippen molar-refractivity contribution in [3.8, 4) is 0 Å². The molecule has 1 saturated carbocycles. The summed E-state index contributed by atoms with van der Waals surface area (Å²) in [4.78, 5) is 0. The van der Waals surface area contributed by atoms with E-state index in [1.807, 2.05) is 27.7 Å². The van der Waals surface area contributed by atoms with Gasteiger partial charge in [0.25, 0.3) is 0 Å². The Morgan fingerprint density at radius 3 is 1.30 bits per heavy atom. The summed E-state index contributed by atoms with van der Waals surface area (Å²) in [6, 6.07) is 0. The summed E-state index contributed by atoms with van der Waals surface area (Å²) < 4.78 is 0. The zero-order valence-corrected chi connectivity index (χ0v) is 8.91. The van der Waals surface area contributed by atoms with Gasteiger partial charge in [-0.25, -0.2) is 0 Å². The van der Waals surface area contributed by atoms with Gasteiger partial charge in [0.2, 0.25) is 0 Å². The molecule has 0 bridgehead atoms. The van der Waals surface area contributed by atoms with Crippen molar-refractivity contribution in [2.45, 2.75) is 52.7 Å². The first kappa shape index (κ1) is 13.0. The highest BCUT2D eigenvalue weighted by molar-refractivity contribution is 7.81. The van der Waals surface area contributed by atoms with Crippen LogP contribution in [-0.2, 0) is 0 Å². The van der Waals surface area contributed by atoms with Crippen LogP contribution < -0.4 is 0 Å². The van der Waals surface area contributed by atoms with E-state index < -0.39 is 0 Å². The predicted octanol–water partition coefficient (Wildman–Crippen LogP) is 3.77. The van der Waals surface area contributed by atoms with Crippen LogP contribution in [0.3, 0.4) is 0 Å². The van der Waals surface area contributed by atoms with Gasteiger partial charge in [-0.1, -0.05) is 34.6 Å². The predicted molar refractivity (Wildman–Crippen MR) is 53.9 cm³/mol. The fourth-order valence-electron chi connectivity index (χ4n) is 0.649. The molecule has 1 aliphatic carbocycles. The molecule has 1 aliphatic rings. The first-order valence-corrected chi connectivity index (χ1v) is 5.00. The van der Waals surface area contributed by atoms with Crippen molar-refractivity contribution >= 4 is 12.6 Å². The quantitative estimate of drug-likeness (QED) is 0.515.